The van der Waals surface area contributed by atoms with Crippen molar-refractivity contribution < 1.29 is 0 Å². The fraction of sp³-hybridized carbons (Fsp3) is 0.111. The molecule has 12 heavy (non-hydrogen) atoms. The third-order valence-corrected chi connectivity index (χ3v) is 1.34. The first-order valence-corrected chi connectivity index (χ1v) is 3.88. The van der Waals surface area contributed by atoms with Gasteiger partial charge in [-0.1, -0.05) is 18.2 Å². The van der Waals surface area contributed by atoms with E-state index in [1.165, 1.54) is 0 Å². The zero-order valence-electron chi connectivity index (χ0n) is 6.79. The highest BCUT2D eigenvalue weighted by Gasteiger charge is 1.96. The summed E-state index contributed by atoms with van der Waals surface area (Å²) < 4.78 is 0. The maximum atomic E-state index is 5.67. The molecule has 2 nitrogen and oxygen atoms in total. The maximum Gasteiger partial charge on any atom is 0.158 e. The van der Waals surface area contributed by atoms with Gasteiger partial charge in [-0.15, -0.1) is 0 Å². The fourth-order valence-electron chi connectivity index (χ4n) is 0.770. The molecule has 0 radical (unpaired) electrons. The van der Waals surface area contributed by atoms with Crippen LogP contribution in [0.1, 0.15) is 12.7 Å². The summed E-state index contributed by atoms with van der Waals surface area (Å²) in [6.07, 6.45) is 5.08. The van der Waals surface area contributed by atoms with Crippen molar-refractivity contribution in [3.63, 3.8) is 0 Å². The molecule has 1 heterocycles. The van der Waals surface area contributed by atoms with Gasteiger partial charge in [0.05, 0.1) is 0 Å². The van der Waals surface area contributed by atoms with E-state index in [1.807, 2.05) is 0 Å². The molecule has 1 aromatic rings. The Kier molecular flexibility index (Phi) is 3.00. The van der Waals surface area contributed by atoms with Gasteiger partial charge in [-0.3, -0.25) is 0 Å². The van der Waals surface area contributed by atoms with Gasteiger partial charge in [0.1, 0.15) is 0 Å². The van der Waals surface area contributed by atoms with Crippen LogP contribution in [0.4, 0.5) is 0 Å². The van der Waals surface area contributed by atoms with Gasteiger partial charge in [0, 0.05) is 23.0 Å². The van der Waals surface area contributed by atoms with Crippen molar-refractivity contribution in [1.82, 2.24) is 9.97 Å². The highest BCUT2D eigenvalue weighted by atomic mass is 35.5. The lowest BCUT2D eigenvalue weighted by molar-refractivity contribution is 1.12. The molecule has 0 amide bonds. The third kappa shape index (κ3) is 2.47. The van der Waals surface area contributed by atoms with Gasteiger partial charge < -0.3 is 0 Å². The smallest absolute Gasteiger partial charge is 0.158 e. The predicted octanol–water partition coefficient (Wildman–Crippen LogP) is 2.63. The molecule has 62 valence electrons. The quantitative estimate of drug-likeness (QED) is 0.654. The normalized spacial score (nSPS) is 11.3. The summed E-state index contributed by atoms with van der Waals surface area (Å²) in [5.74, 6) is 0.609. The van der Waals surface area contributed by atoms with Crippen molar-refractivity contribution in [2.24, 2.45) is 0 Å². The molecule has 0 bridgehead atoms. The molecule has 0 atom stereocenters. The second kappa shape index (κ2) is 4.02. The minimum atomic E-state index is 0.609. The van der Waals surface area contributed by atoms with E-state index in [0.29, 0.717) is 10.9 Å². The zero-order valence-corrected chi connectivity index (χ0v) is 7.54. The Morgan fingerprint density at radius 1 is 1.50 bits per heavy atom. The van der Waals surface area contributed by atoms with Gasteiger partial charge in [-0.25, -0.2) is 9.97 Å². The van der Waals surface area contributed by atoms with Crippen LogP contribution in [0.5, 0.6) is 0 Å². The Morgan fingerprint density at radius 2 is 2.08 bits per heavy atom. The van der Waals surface area contributed by atoms with Crippen LogP contribution < -0.4 is 0 Å². The van der Waals surface area contributed by atoms with Gasteiger partial charge in [0.2, 0.25) is 0 Å². The van der Waals surface area contributed by atoms with E-state index in [9.17, 15) is 0 Å². The third-order valence-electron chi connectivity index (χ3n) is 1.23. The standard InChI is InChI=1S/C9H9ClN2/c1-7(6-8(2)10)9-11-4-3-5-12-9/h3-6H,1H2,2H3/b8-6+. The van der Waals surface area contributed by atoms with Gasteiger partial charge in [0.25, 0.3) is 0 Å². The van der Waals surface area contributed by atoms with Crippen molar-refractivity contribution in [2.75, 3.05) is 0 Å². The average molecular weight is 181 g/mol. The summed E-state index contributed by atoms with van der Waals surface area (Å²) >= 11 is 5.67. The highest BCUT2D eigenvalue weighted by molar-refractivity contribution is 6.29. The molecule has 1 aromatic heterocycles. The van der Waals surface area contributed by atoms with E-state index >= 15 is 0 Å². The molecule has 0 aliphatic rings. The van der Waals surface area contributed by atoms with Crippen LogP contribution in [0, 0.1) is 0 Å². The van der Waals surface area contributed by atoms with Crippen molar-refractivity contribution in [1.29, 1.82) is 0 Å². The summed E-state index contributed by atoms with van der Waals surface area (Å²) in [4.78, 5) is 8.04. The van der Waals surface area contributed by atoms with Crippen molar-refractivity contribution in [3.8, 4) is 0 Å². The molecule has 0 aliphatic carbocycles. The zero-order chi connectivity index (χ0) is 8.97. The molecule has 0 saturated heterocycles. The number of hydrogen-bond donors (Lipinski definition) is 0. The van der Waals surface area contributed by atoms with Crippen molar-refractivity contribution >= 4 is 17.2 Å². The number of allylic oxidation sites excluding steroid dienone is 3. The summed E-state index contributed by atoms with van der Waals surface area (Å²) in [5, 5.41) is 0.674. The Balaban J connectivity index is 2.87. The second-order valence-corrected chi connectivity index (χ2v) is 2.92. The molecule has 0 aliphatic heterocycles. The van der Waals surface area contributed by atoms with E-state index in [2.05, 4.69) is 16.5 Å². The lowest BCUT2D eigenvalue weighted by Crippen LogP contribution is -1.88. The Hall–Kier alpha value is -1.15. The lowest BCUT2D eigenvalue weighted by atomic mass is 10.2. The predicted molar refractivity (Wildman–Crippen MR) is 50.7 cm³/mol. The topological polar surface area (TPSA) is 25.8 Å². The van der Waals surface area contributed by atoms with Gasteiger partial charge in [-0.2, -0.15) is 0 Å². The number of rotatable bonds is 2. The van der Waals surface area contributed by atoms with Crippen LogP contribution in [0.25, 0.3) is 5.57 Å². The molecule has 0 spiro atoms. The first-order valence-electron chi connectivity index (χ1n) is 3.50. The molecule has 3 heteroatoms. The monoisotopic (exact) mass is 180 g/mol. The summed E-state index contributed by atoms with van der Waals surface area (Å²) in [6.45, 7) is 5.57. The Labute approximate surface area is 76.6 Å². The van der Waals surface area contributed by atoms with Crippen LogP contribution in [0.15, 0.2) is 36.1 Å². The van der Waals surface area contributed by atoms with Gasteiger partial charge in [-0.05, 0) is 19.1 Å². The Morgan fingerprint density at radius 3 is 2.58 bits per heavy atom. The Bertz CT molecular complexity index is 300. The van der Waals surface area contributed by atoms with E-state index < -0.39 is 0 Å². The molecule has 0 unspecified atom stereocenters. The van der Waals surface area contributed by atoms with Crippen LogP contribution >= 0.6 is 11.6 Å². The van der Waals surface area contributed by atoms with E-state index in [0.717, 1.165) is 5.57 Å². The highest BCUT2D eigenvalue weighted by Crippen LogP contribution is 2.11. The number of aromatic nitrogens is 2. The summed E-state index contributed by atoms with van der Waals surface area (Å²) in [5.41, 5.74) is 0.725. The molecule has 0 aromatic carbocycles. The number of nitrogens with zero attached hydrogens (tertiary/aromatic N) is 2. The molecule has 1 rings (SSSR count). The van der Waals surface area contributed by atoms with Crippen molar-refractivity contribution in [2.45, 2.75) is 6.92 Å². The van der Waals surface area contributed by atoms with Gasteiger partial charge in [0.15, 0.2) is 5.82 Å². The first kappa shape index (κ1) is 8.94. The average Bonchev–Trinajstić information content (AvgIpc) is 2.05. The van der Waals surface area contributed by atoms with E-state index in [4.69, 9.17) is 11.6 Å². The fourth-order valence-corrected chi connectivity index (χ4v) is 0.901. The van der Waals surface area contributed by atoms with E-state index in [-0.39, 0.29) is 0 Å². The van der Waals surface area contributed by atoms with Crippen LogP contribution in [-0.4, -0.2) is 9.97 Å². The molecule has 0 saturated carbocycles. The lowest BCUT2D eigenvalue weighted by Gasteiger charge is -1.96. The number of hydrogen-bond acceptors (Lipinski definition) is 2. The minimum absolute atomic E-state index is 0.609. The summed E-state index contributed by atoms with van der Waals surface area (Å²) in [7, 11) is 0. The molecular formula is C9H9ClN2. The molecular weight excluding hydrogens is 172 g/mol. The van der Waals surface area contributed by atoms with Gasteiger partial charge >= 0.3 is 0 Å². The summed E-state index contributed by atoms with van der Waals surface area (Å²) in [6, 6.07) is 1.76. The first-order chi connectivity index (χ1) is 5.70. The molecule has 0 N–H and O–H groups in total. The van der Waals surface area contributed by atoms with Crippen LogP contribution in [0.2, 0.25) is 0 Å². The SMILES string of the molecule is C=C(/C=C(\C)Cl)c1ncccn1. The van der Waals surface area contributed by atoms with Crippen LogP contribution in [-0.2, 0) is 0 Å². The van der Waals surface area contributed by atoms with Crippen molar-refractivity contribution in [3.05, 3.63) is 42.0 Å². The van der Waals surface area contributed by atoms with Crippen LogP contribution in [0.3, 0.4) is 0 Å². The minimum Gasteiger partial charge on any atom is -0.237 e. The maximum absolute atomic E-state index is 5.67. The molecule has 0 fully saturated rings. The number of halogens is 1. The largest absolute Gasteiger partial charge is 0.237 e. The second-order valence-electron chi connectivity index (χ2n) is 2.33. The van der Waals surface area contributed by atoms with E-state index in [1.54, 1.807) is 31.5 Å².